The molecule has 0 aromatic heterocycles. The van der Waals surface area contributed by atoms with E-state index in [0.29, 0.717) is 52.9 Å². The zero-order chi connectivity index (χ0) is 30.9. The molecule has 0 spiro atoms. The molecule has 0 aliphatic carbocycles. The van der Waals surface area contributed by atoms with Crippen LogP contribution in [0.2, 0.25) is 10.0 Å². The van der Waals surface area contributed by atoms with Crippen LogP contribution in [0.5, 0.6) is 5.75 Å². The maximum atomic E-state index is 14.2. The minimum absolute atomic E-state index is 0.0457. The molecule has 4 aromatic carbocycles. The normalized spacial score (nSPS) is 17.5. The van der Waals surface area contributed by atoms with Gasteiger partial charge in [0, 0.05) is 47.2 Å². The number of ether oxygens (including phenoxy) is 2. The molecule has 4 aromatic rings. The summed E-state index contributed by atoms with van der Waals surface area (Å²) in [6.45, 7) is 0.837. The Bertz CT molecular complexity index is 1590. The van der Waals surface area contributed by atoms with Crippen LogP contribution in [0.1, 0.15) is 34.8 Å². The molecule has 1 aliphatic heterocycles. The molecule has 7 nitrogen and oxygen atoms in total. The van der Waals surface area contributed by atoms with Gasteiger partial charge in [0.2, 0.25) is 5.90 Å². The first-order valence-corrected chi connectivity index (χ1v) is 15.0. The highest BCUT2D eigenvalue weighted by atomic mass is 35.5. The highest BCUT2D eigenvalue weighted by molar-refractivity contribution is 6.35. The van der Waals surface area contributed by atoms with Crippen molar-refractivity contribution in [2.45, 2.75) is 30.9 Å². The Morgan fingerprint density at radius 2 is 1.73 bits per heavy atom. The van der Waals surface area contributed by atoms with Crippen molar-refractivity contribution < 1.29 is 23.8 Å². The number of rotatable bonds is 13. The predicted molar refractivity (Wildman–Crippen MR) is 170 cm³/mol. The Morgan fingerprint density at radius 1 is 0.977 bits per heavy atom. The summed E-state index contributed by atoms with van der Waals surface area (Å²) in [4.78, 5) is 19.2. The van der Waals surface area contributed by atoms with E-state index < -0.39 is 17.6 Å². The lowest BCUT2D eigenvalue weighted by Crippen LogP contribution is -2.54. The van der Waals surface area contributed by atoms with Gasteiger partial charge in [0.1, 0.15) is 11.6 Å². The third kappa shape index (κ3) is 7.57. The lowest BCUT2D eigenvalue weighted by molar-refractivity contribution is -0.130. The van der Waals surface area contributed by atoms with Gasteiger partial charge in [-0.05, 0) is 66.1 Å². The SMILES string of the molecule is O=C(NNCCc1ccc(F)cc1)[C@@]1(Cc2ccccc2)N=C(c2ccc(OCCCO)cc2)O[C@H]1c1ccc(Cl)cc1Cl. The van der Waals surface area contributed by atoms with E-state index >= 15 is 0 Å². The number of hydrazine groups is 1. The summed E-state index contributed by atoms with van der Waals surface area (Å²) in [5.41, 5.74) is 7.43. The van der Waals surface area contributed by atoms with Crippen LogP contribution in [-0.4, -0.2) is 42.2 Å². The number of carbonyl (C=O) groups excluding carboxylic acids is 1. The number of carbonyl (C=O) groups is 1. The lowest BCUT2D eigenvalue weighted by atomic mass is 9.82. The van der Waals surface area contributed by atoms with E-state index in [2.05, 4.69) is 10.9 Å². The smallest absolute Gasteiger partial charge is 0.266 e. The number of aliphatic hydroxyl groups excluding tert-OH is 1. The van der Waals surface area contributed by atoms with Gasteiger partial charge in [-0.3, -0.25) is 10.2 Å². The van der Waals surface area contributed by atoms with Gasteiger partial charge in [0.15, 0.2) is 11.6 Å². The Balaban J connectivity index is 1.48. The van der Waals surface area contributed by atoms with Gasteiger partial charge in [0.05, 0.1) is 6.61 Å². The van der Waals surface area contributed by atoms with Crippen molar-refractivity contribution in [1.82, 2.24) is 10.9 Å². The molecule has 1 amide bonds. The van der Waals surface area contributed by atoms with Gasteiger partial charge >= 0.3 is 0 Å². The van der Waals surface area contributed by atoms with Crippen LogP contribution in [0.3, 0.4) is 0 Å². The first kappa shape index (κ1) is 31.5. The van der Waals surface area contributed by atoms with Crippen LogP contribution in [0.15, 0.2) is 102 Å². The molecule has 1 heterocycles. The molecule has 5 rings (SSSR count). The average Bonchev–Trinajstić information content (AvgIpc) is 3.41. The molecule has 44 heavy (non-hydrogen) atoms. The van der Waals surface area contributed by atoms with Crippen molar-refractivity contribution in [2.24, 2.45) is 4.99 Å². The summed E-state index contributed by atoms with van der Waals surface area (Å²) >= 11 is 12.9. The van der Waals surface area contributed by atoms with Crippen molar-refractivity contribution in [3.05, 3.63) is 135 Å². The minimum Gasteiger partial charge on any atom is -0.494 e. The van der Waals surface area contributed by atoms with Gasteiger partial charge in [-0.25, -0.2) is 14.8 Å². The molecule has 2 atom stereocenters. The van der Waals surface area contributed by atoms with E-state index in [1.807, 2.05) is 42.5 Å². The van der Waals surface area contributed by atoms with E-state index in [-0.39, 0.29) is 24.7 Å². The number of hydrogen-bond acceptors (Lipinski definition) is 6. The van der Waals surface area contributed by atoms with Gasteiger partial charge in [-0.2, -0.15) is 0 Å². The summed E-state index contributed by atoms with van der Waals surface area (Å²) in [6, 6.07) is 28.1. The number of benzene rings is 4. The zero-order valence-electron chi connectivity index (χ0n) is 23.8. The quantitative estimate of drug-likeness (QED) is 0.119. The molecule has 0 radical (unpaired) electrons. The summed E-state index contributed by atoms with van der Waals surface area (Å²) in [7, 11) is 0. The molecule has 3 N–H and O–H groups in total. The molecular weight excluding hydrogens is 604 g/mol. The number of aliphatic hydroxyl groups is 1. The third-order valence-electron chi connectivity index (χ3n) is 7.25. The second kappa shape index (κ2) is 14.7. The van der Waals surface area contributed by atoms with Crippen molar-refractivity contribution >= 4 is 35.0 Å². The highest BCUT2D eigenvalue weighted by Crippen LogP contribution is 2.45. The summed E-state index contributed by atoms with van der Waals surface area (Å²) in [5.74, 6) is 0.205. The van der Waals surface area contributed by atoms with E-state index in [1.165, 1.54) is 12.1 Å². The number of hydrogen-bond donors (Lipinski definition) is 3. The Labute approximate surface area is 265 Å². The second-order valence-corrected chi connectivity index (χ2v) is 11.2. The van der Waals surface area contributed by atoms with E-state index in [4.69, 9.17) is 42.8 Å². The maximum Gasteiger partial charge on any atom is 0.266 e. The predicted octanol–water partition coefficient (Wildman–Crippen LogP) is 6.26. The van der Waals surface area contributed by atoms with Crippen LogP contribution in [0.4, 0.5) is 4.39 Å². The monoisotopic (exact) mass is 635 g/mol. The van der Waals surface area contributed by atoms with Gasteiger partial charge in [0.25, 0.3) is 5.91 Å². The number of halogens is 3. The topological polar surface area (TPSA) is 92.2 Å². The zero-order valence-corrected chi connectivity index (χ0v) is 25.3. The summed E-state index contributed by atoms with van der Waals surface area (Å²) in [6.07, 6.45) is 0.420. The van der Waals surface area contributed by atoms with Crippen LogP contribution in [0, 0.1) is 5.82 Å². The van der Waals surface area contributed by atoms with Crippen LogP contribution in [0.25, 0.3) is 0 Å². The van der Waals surface area contributed by atoms with Crippen molar-refractivity contribution in [1.29, 1.82) is 0 Å². The van der Waals surface area contributed by atoms with Crippen LogP contribution < -0.4 is 15.6 Å². The highest BCUT2D eigenvalue weighted by Gasteiger charge is 2.54. The van der Waals surface area contributed by atoms with Gasteiger partial charge in [-0.15, -0.1) is 0 Å². The molecule has 228 valence electrons. The van der Waals surface area contributed by atoms with Gasteiger partial charge < -0.3 is 14.6 Å². The lowest BCUT2D eigenvalue weighted by Gasteiger charge is -2.31. The molecule has 0 unspecified atom stereocenters. The first-order chi connectivity index (χ1) is 21.4. The molecule has 0 saturated heterocycles. The largest absolute Gasteiger partial charge is 0.494 e. The van der Waals surface area contributed by atoms with Crippen molar-refractivity contribution in [3.8, 4) is 5.75 Å². The summed E-state index contributed by atoms with van der Waals surface area (Å²) < 4.78 is 25.5. The fourth-order valence-corrected chi connectivity index (χ4v) is 5.50. The minimum atomic E-state index is -1.45. The molecular formula is C34H32Cl2FN3O4. The molecule has 0 saturated carbocycles. The number of aliphatic imine (C=N–C) groups is 1. The first-order valence-electron chi connectivity index (χ1n) is 14.3. The molecule has 1 aliphatic rings. The Kier molecular flexibility index (Phi) is 10.5. The summed E-state index contributed by atoms with van der Waals surface area (Å²) in [5, 5.41) is 9.84. The second-order valence-electron chi connectivity index (χ2n) is 10.4. The fraction of sp³-hybridized carbons (Fsp3) is 0.235. The average molecular weight is 637 g/mol. The number of nitrogens with zero attached hydrogens (tertiary/aromatic N) is 1. The van der Waals surface area contributed by atoms with Crippen molar-refractivity contribution in [3.63, 3.8) is 0 Å². The number of amides is 1. The Hall–Kier alpha value is -3.95. The van der Waals surface area contributed by atoms with Crippen molar-refractivity contribution in [2.75, 3.05) is 19.8 Å². The molecule has 0 bridgehead atoms. The Morgan fingerprint density at radius 3 is 2.43 bits per heavy atom. The van der Waals surface area contributed by atoms with E-state index in [9.17, 15) is 9.18 Å². The standard InChI is InChI=1S/C34H32Cl2FN3O4/c35-26-11-16-29(30(36)21-26)31-34(22-24-5-2-1-3-6-24,33(42)40-38-18-17-23-7-12-27(37)13-8-23)39-32(44-31)25-9-14-28(15-10-25)43-20-4-19-41/h1-3,5-16,21,31,38,41H,4,17-20,22H2,(H,40,42)/t31-,34-/m0/s1. The van der Waals surface area contributed by atoms with E-state index in [0.717, 1.165) is 11.1 Å². The van der Waals surface area contributed by atoms with Crippen LogP contribution >= 0.6 is 23.2 Å². The third-order valence-corrected chi connectivity index (χ3v) is 7.81. The number of nitrogens with one attached hydrogen (secondary N) is 2. The van der Waals surface area contributed by atoms with Crippen LogP contribution in [-0.2, 0) is 22.4 Å². The molecule has 10 heteroatoms. The van der Waals surface area contributed by atoms with E-state index in [1.54, 1.807) is 42.5 Å². The molecule has 0 fully saturated rings. The van der Waals surface area contributed by atoms with Gasteiger partial charge in [-0.1, -0.05) is 71.7 Å². The maximum absolute atomic E-state index is 14.2. The fourth-order valence-electron chi connectivity index (χ4n) is 4.99.